The quantitative estimate of drug-likeness (QED) is 0.316. The van der Waals surface area contributed by atoms with Gasteiger partial charge in [-0.2, -0.15) is 0 Å². The number of aryl methyl sites for hydroxylation is 3. The molecule has 0 fully saturated rings. The normalized spacial score (nSPS) is 11.4. The zero-order valence-electron chi connectivity index (χ0n) is 15.2. The van der Waals surface area contributed by atoms with E-state index in [1.165, 1.54) is 9.17 Å². The van der Waals surface area contributed by atoms with Crippen molar-refractivity contribution >= 4 is 39.8 Å². The van der Waals surface area contributed by atoms with Crippen LogP contribution in [0.3, 0.4) is 0 Å². The number of hydrogen-bond donors (Lipinski definition) is 0. The molecule has 0 radical (unpaired) electrons. The first kappa shape index (κ1) is 18.6. The maximum atomic E-state index is 13.1. The van der Waals surface area contributed by atoms with Gasteiger partial charge in [-0.1, -0.05) is 0 Å². The molecule has 0 atom stereocenters. The van der Waals surface area contributed by atoms with Gasteiger partial charge >= 0.3 is 165 Å². The van der Waals surface area contributed by atoms with Crippen molar-refractivity contribution in [1.82, 2.24) is 0 Å². The van der Waals surface area contributed by atoms with Crippen LogP contribution < -0.4 is 3.61 Å². The van der Waals surface area contributed by atoms with Crippen molar-refractivity contribution in [2.75, 3.05) is 0 Å². The SMILES string of the molecule is Cc1ccc([Te]C(=Nc2c(C)cccc2C)C(=O)c2ccccc2)cc1. The van der Waals surface area contributed by atoms with Gasteiger partial charge in [0.25, 0.3) is 0 Å². The average Bonchev–Trinajstić information content (AvgIpc) is 2.65. The third-order valence-electron chi connectivity index (χ3n) is 4.12. The molecule has 3 rings (SSSR count). The molecule has 0 unspecified atom stereocenters. The first-order chi connectivity index (χ1) is 12.5. The van der Waals surface area contributed by atoms with Crippen molar-refractivity contribution in [3.63, 3.8) is 0 Å². The topological polar surface area (TPSA) is 29.4 Å². The van der Waals surface area contributed by atoms with E-state index in [0.29, 0.717) is 9.32 Å². The number of rotatable bonds is 5. The molecule has 0 amide bonds. The van der Waals surface area contributed by atoms with Gasteiger partial charge in [0, 0.05) is 0 Å². The van der Waals surface area contributed by atoms with E-state index in [0.717, 1.165) is 16.8 Å². The summed E-state index contributed by atoms with van der Waals surface area (Å²) < 4.78 is 1.91. The van der Waals surface area contributed by atoms with Gasteiger partial charge < -0.3 is 0 Å². The molecule has 0 aliphatic heterocycles. The molecule has 0 spiro atoms. The van der Waals surface area contributed by atoms with Crippen LogP contribution in [0.25, 0.3) is 0 Å². The molecular formula is C23H21NOTe. The van der Waals surface area contributed by atoms with E-state index in [2.05, 4.69) is 31.2 Å². The van der Waals surface area contributed by atoms with Crippen molar-refractivity contribution in [3.05, 3.63) is 95.1 Å². The Morgan fingerprint density at radius 3 is 2.00 bits per heavy atom. The summed E-state index contributed by atoms with van der Waals surface area (Å²) in [6, 6.07) is 24.0. The third kappa shape index (κ3) is 4.49. The van der Waals surface area contributed by atoms with Crippen LogP contribution in [-0.2, 0) is 0 Å². The molecule has 0 heterocycles. The van der Waals surface area contributed by atoms with Crippen LogP contribution in [0.4, 0.5) is 5.69 Å². The third-order valence-corrected chi connectivity index (χ3v) is 6.91. The van der Waals surface area contributed by atoms with Crippen LogP contribution in [0.2, 0.25) is 0 Å². The van der Waals surface area contributed by atoms with Crippen molar-refractivity contribution in [2.24, 2.45) is 4.99 Å². The fourth-order valence-electron chi connectivity index (χ4n) is 2.63. The first-order valence-corrected chi connectivity index (χ1v) is 10.9. The molecule has 130 valence electrons. The van der Waals surface area contributed by atoms with Crippen LogP contribution in [0, 0.1) is 20.8 Å². The van der Waals surface area contributed by atoms with E-state index in [-0.39, 0.29) is 5.78 Å². The van der Waals surface area contributed by atoms with Gasteiger partial charge in [0.15, 0.2) is 0 Å². The van der Waals surface area contributed by atoms with Gasteiger partial charge in [-0.05, 0) is 0 Å². The fraction of sp³-hybridized carbons (Fsp3) is 0.130. The molecule has 0 bridgehead atoms. The Morgan fingerprint density at radius 2 is 1.38 bits per heavy atom. The Kier molecular flexibility index (Phi) is 6.04. The molecule has 0 aliphatic rings. The van der Waals surface area contributed by atoms with E-state index in [9.17, 15) is 4.79 Å². The Labute approximate surface area is 165 Å². The minimum absolute atomic E-state index is 0.0382. The summed E-state index contributed by atoms with van der Waals surface area (Å²) in [5, 5.41) is 0. The predicted molar refractivity (Wildman–Crippen MR) is 110 cm³/mol. The van der Waals surface area contributed by atoms with Gasteiger partial charge in [0.2, 0.25) is 0 Å². The second kappa shape index (κ2) is 8.45. The van der Waals surface area contributed by atoms with Gasteiger partial charge in [0.1, 0.15) is 0 Å². The Bertz CT molecular complexity index is 923. The number of nitrogens with zero attached hydrogens (tertiary/aromatic N) is 1. The number of aliphatic imine (C=N–C) groups is 1. The fourth-order valence-corrected chi connectivity index (χ4v) is 5.04. The summed E-state index contributed by atoms with van der Waals surface area (Å²) in [7, 11) is 0. The van der Waals surface area contributed by atoms with Gasteiger partial charge in [-0.25, -0.2) is 0 Å². The number of hydrogen-bond acceptors (Lipinski definition) is 2. The molecule has 0 saturated carbocycles. The van der Waals surface area contributed by atoms with Crippen LogP contribution >= 0.6 is 0 Å². The summed E-state index contributed by atoms with van der Waals surface area (Å²) in [5.74, 6) is 0.0382. The number of carbonyl (C=O) groups excluding carboxylic acids is 1. The second-order valence-electron chi connectivity index (χ2n) is 6.27. The molecule has 0 aromatic heterocycles. The van der Waals surface area contributed by atoms with Crippen LogP contribution in [0.15, 0.2) is 77.8 Å². The van der Waals surface area contributed by atoms with Gasteiger partial charge in [0.05, 0.1) is 0 Å². The van der Waals surface area contributed by atoms with Crippen molar-refractivity contribution in [3.8, 4) is 0 Å². The van der Waals surface area contributed by atoms with Gasteiger partial charge in [-0.15, -0.1) is 0 Å². The Morgan fingerprint density at radius 1 is 0.769 bits per heavy atom. The molecule has 3 aromatic rings. The van der Waals surface area contributed by atoms with Crippen LogP contribution in [0.5, 0.6) is 0 Å². The molecule has 0 aliphatic carbocycles. The van der Waals surface area contributed by atoms with E-state index in [4.69, 9.17) is 4.99 Å². The van der Waals surface area contributed by atoms with E-state index in [1.54, 1.807) is 0 Å². The number of Topliss-reactive ketones (excluding diaryl/α,β-unsaturated/α-hetero) is 1. The molecule has 3 heteroatoms. The molecule has 3 aromatic carbocycles. The number of benzene rings is 3. The minimum atomic E-state index is -0.884. The first-order valence-electron chi connectivity index (χ1n) is 8.54. The second-order valence-corrected chi connectivity index (χ2v) is 9.30. The zero-order chi connectivity index (χ0) is 18.5. The van der Waals surface area contributed by atoms with Gasteiger partial charge in [-0.3, -0.25) is 0 Å². The summed E-state index contributed by atoms with van der Waals surface area (Å²) in [4.78, 5) is 18.0. The summed E-state index contributed by atoms with van der Waals surface area (Å²) in [5.41, 5.74) is 5.04. The standard InChI is InChI=1S/C23H21NOTe/c1-16-12-14-20(15-13-16)26-23(22(25)19-10-5-4-6-11-19)24-21-17(2)8-7-9-18(21)3/h4-15H,1-3H3. The Hall–Kier alpha value is -2.21. The number of para-hydroxylation sites is 1. The molecule has 0 saturated heterocycles. The summed E-state index contributed by atoms with van der Waals surface area (Å²) in [6.45, 7) is 6.16. The molecule has 2 nitrogen and oxygen atoms in total. The van der Waals surface area contributed by atoms with Crippen LogP contribution in [0.1, 0.15) is 27.0 Å². The Balaban J connectivity index is 2.05. The monoisotopic (exact) mass is 457 g/mol. The van der Waals surface area contributed by atoms with Crippen molar-refractivity contribution in [1.29, 1.82) is 0 Å². The van der Waals surface area contributed by atoms with E-state index >= 15 is 0 Å². The summed E-state index contributed by atoms with van der Waals surface area (Å²) in [6.07, 6.45) is 0. The molecule has 26 heavy (non-hydrogen) atoms. The average molecular weight is 455 g/mol. The van der Waals surface area contributed by atoms with Crippen molar-refractivity contribution < 1.29 is 4.79 Å². The van der Waals surface area contributed by atoms with E-state index in [1.807, 2.05) is 62.4 Å². The number of carbonyl (C=O) groups is 1. The number of ketones is 1. The zero-order valence-corrected chi connectivity index (χ0v) is 17.5. The summed E-state index contributed by atoms with van der Waals surface area (Å²) >= 11 is -0.884. The predicted octanol–water partition coefficient (Wildman–Crippen LogP) is 4.55. The van der Waals surface area contributed by atoms with Crippen molar-refractivity contribution in [2.45, 2.75) is 20.8 Å². The maximum absolute atomic E-state index is 13.1. The molecule has 0 N–H and O–H groups in total. The van der Waals surface area contributed by atoms with E-state index < -0.39 is 20.9 Å². The van der Waals surface area contributed by atoms with Crippen LogP contribution in [-0.4, -0.2) is 30.5 Å². The molecular weight excluding hydrogens is 434 g/mol.